The maximum atomic E-state index is 13.4. The van der Waals surface area contributed by atoms with Crippen LogP contribution in [-0.2, 0) is 0 Å². The van der Waals surface area contributed by atoms with Crippen LogP contribution in [0.2, 0.25) is 0 Å². The fourth-order valence-corrected chi connectivity index (χ4v) is 2.19. The van der Waals surface area contributed by atoms with E-state index in [1.54, 1.807) is 0 Å². The van der Waals surface area contributed by atoms with Gasteiger partial charge in [0.15, 0.2) is 0 Å². The maximum absolute atomic E-state index is 13.4. The number of carboxylic acids is 1. The standard InChI is InChI=1S/C13H15FN2O3/c14-11-7-9(5-6-10(11)12(17)18)16-13(19)15-8-3-1-2-4-8/h5-8H,1-4H2,(H,17,18)(H2,15,16,19). The van der Waals surface area contributed by atoms with E-state index in [1.165, 1.54) is 6.07 Å². The predicted molar refractivity (Wildman–Crippen MR) is 67.8 cm³/mol. The lowest BCUT2D eigenvalue weighted by Crippen LogP contribution is -2.36. The number of hydrogen-bond acceptors (Lipinski definition) is 2. The quantitative estimate of drug-likeness (QED) is 0.786. The zero-order valence-corrected chi connectivity index (χ0v) is 10.3. The first-order valence-electron chi connectivity index (χ1n) is 6.16. The molecule has 0 aliphatic heterocycles. The molecular formula is C13H15FN2O3. The number of carbonyl (C=O) groups is 2. The molecule has 0 heterocycles. The molecule has 1 aromatic carbocycles. The van der Waals surface area contributed by atoms with Crippen LogP contribution in [0.15, 0.2) is 18.2 Å². The van der Waals surface area contributed by atoms with Crippen LogP contribution >= 0.6 is 0 Å². The van der Waals surface area contributed by atoms with Crippen LogP contribution in [0.1, 0.15) is 36.0 Å². The van der Waals surface area contributed by atoms with Gasteiger partial charge < -0.3 is 15.7 Å². The fraction of sp³-hybridized carbons (Fsp3) is 0.385. The first-order valence-corrected chi connectivity index (χ1v) is 6.16. The summed E-state index contributed by atoms with van der Waals surface area (Å²) in [6.45, 7) is 0. The number of urea groups is 1. The Kier molecular flexibility index (Phi) is 3.99. The van der Waals surface area contributed by atoms with E-state index in [0.717, 1.165) is 37.8 Å². The fourth-order valence-electron chi connectivity index (χ4n) is 2.19. The number of halogens is 1. The molecule has 0 atom stereocenters. The van der Waals surface area contributed by atoms with Crippen LogP contribution in [0.25, 0.3) is 0 Å². The van der Waals surface area contributed by atoms with Gasteiger partial charge in [-0.05, 0) is 31.0 Å². The second-order valence-corrected chi connectivity index (χ2v) is 4.58. The van der Waals surface area contributed by atoms with Gasteiger partial charge in [0.1, 0.15) is 5.82 Å². The van der Waals surface area contributed by atoms with Crippen molar-refractivity contribution in [3.63, 3.8) is 0 Å². The maximum Gasteiger partial charge on any atom is 0.338 e. The second-order valence-electron chi connectivity index (χ2n) is 4.58. The van der Waals surface area contributed by atoms with Gasteiger partial charge in [0.05, 0.1) is 5.56 Å². The van der Waals surface area contributed by atoms with Gasteiger partial charge in [0, 0.05) is 11.7 Å². The molecule has 0 bridgehead atoms. The Morgan fingerprint density at radius 3 is 2.53 bits per heavy atom. The molecule has 6 heteroatoms. The zero-order valence-electron chi connectivity index (χ0n) is 10.3. The highest BCUT2D eigenvalue weighted by atomic mass is 19.1. The Morgan fingerprint density at radius 2 is 1.95 bits per heavy atom. The lowest BCUT2D eigenvalue weighted by Gasteiger charge is -2.13. The van der Waals surface area contributed by atoms with Crippen molar-refractivity contribution in [1.82, 2.24) is 5.32 Å². The number of carbonyl (C=O) groups excluding carboxylic acids is 1. The van der Waals surface area contributed by atoms with Crippen molar-refractivity contribution in [3.05, 3.63) is 29.6 Å². The van der Waals surface area contributed by atoms with Gasteiger partial charge in [0.25, 0.3) is 0 Å². The monoisotopic (exact) mass is 266 g/mol. The topological polar surface area (TPSA) is 78.4 Å². The first kappa shape index (κ1) is 13.3. The Morgan fingerprint density at radius 1 is 1.26 bits per heavy atom. The molecule has 1 aromatic rings. The summed E-state index contributed by atoms with van der Waals surface area (Å²) < 4.78 is 13.4. The van der Waals surface area contributed by atoms with Gasteiger partial charge in [-0.3, -0.25) is 0 Å². The van der Waals surface area contributed by atoms with E-state index in [2.05, 4.69) is 10.6 Å². The molecule has 0 radical (unpaired) electrons. The molecule has 1 aliphatic rings. The highest BCUT2D eigenvalue weighted by Crippen LogP contribution is 2.18. The van der Waals surface area contributed by atoms with Gasteiger partial charge in [-0.15, -0.1) is 0 Å². The van der Waals surface area contributed by atoms with E-state index in [0.29, 0.717) is 0 Å². The van der Waals surface area contributed by atoms with E-state index >= 15 is 0 Å². The van der Waals surface area contributed by atoms with E-state index in [9.17, 15) is 14.0 Å². The number of nitrogens with one attached hydrogen (secondary N) is 2. The third-order valence-electron chi connectivity index (χ3n) is 3.15. The third-order valence-corrected chi connectivity index (χ3v) is 3.15. The van der Waals surface area contributed by atoms with Gasteiger partial charge in [-0.1, -0.05) is 12.8 Å². The molecule has 0 spiro atoms. The van der Waals surface area contributed by atoms with E-state index < -0.39 is 23.4 Å². The molecule has 1 saturated carbocycles. The molecule has 102 valence electrons. The van der Waals surface area contributed by atoms with Crippen LogP contribution < -0.4 is 10.6 Å². The number of aromatic carboxylic acids is 1. The minimum atomic E-state index is -1.33. The van der Waals surface area contributed by atoms with Gasteiger partial charge >= 0.3 is 12.0 Å². The minimum Gasteiger partial charge on any atom is -0.478 e. The lowest BCUT2D eigenvalue weighted by molar-refractivity contribution is 0.0692. The minimum absolute atomic E-state index is 0.170. The Labute approximate surface area is 109 Å². The van der Waals surface area contributed by atoms with Crippen LogP contribution in [0.4, 0.5) is 14.9 Å². The molecule has 2 amide bonds. The molecule has 2 rings (SSSR count). The Balaban J connectivity index is 1.96. The summed E-state index contributed by atoms with van der Waals surface area (Å²) in [6.07, 6.45) is 4.12. The number of amides is 2. The molecule has 5 nitrogen and oxygen atoms in total. The molecule has 3 N–H and O–H groups in total. The number of rotatable bonds is 3. The van der Waals surface area contributed by atoms with Crippen LogP contribution in [0.5, 0.6) is 0 Å². The van der Waals surface area contributed by atoms with Crippen molar-refractivity contribution in [2.75, 3.05) is 5.32 Å². The second kappa shape index (κ2) is 5.69. The highest BCUT2D eigenvalue weighted by molar-refractivity contribution is 5.91. The van der Waals surface area contributed by atoms with Crippen molar-refractivity contribution in [2.45, 2.75) is 31.7 Å². The van der Waals surface area contributed by atoms with E-state index in [1.807, 2.05) is 0 Å². The largest absolute Gasteiger partial charge is 0.478 e. The number of hydrogen-bond donors (Lipinski definition) is 3. The number of carboxylic acid groups (broad SMARTS) is 1. The Hall–Kier alpha value is -2.11. The SMILES string of the molecule is O=C(Nc1ccc(C(=O)O)c(F)c1)NC1CCCC1. The molecule has 19 heavy (non-hydrogen) atoms. The number of anilines is 1. The summed E-state index contributed by atoms with van der Waals surface area (Å²) in [5.74, 6) is -2.20. The van der Waals surface area contributed by atoms with Crippen molar-refractivity contribution >= 4 is 17.7 Å². The summed E-state index contributed by atoms with van der Waals surface area (Å²) in [5.41, 5.74) is -0.181. The molecule has 0 aromatic heterocycles. The van der Waals surface area contributed by atoms with Crippen molar-refractivity contribution in [3.8, 4) is 0 Å². The Bertz CT molecular complexity index is 499. The van der Waals surface area contributed by atoms with E-state index in [-0.39, 0.29) is 11.7 Å². The first-order chi connectivity index (χ1) is 9.06. The van der Waals surface area contributed by atoms with Crippen LogP contribution in [-0.4, -0.2) is 23.1 Å². The van der Waals surface area contributed by atoms with Crippen molar-refractivity contribution in [1.29, 1.82) is 0 Å². The smallest absolute Gasteiger partial charge is 0.338 e. The summed E-state index contributed by atoms with van der Waals surface area (Å²) >= 11 is 0. The molecule has 1 aliphatic carbocycles. The van der Waals surface area contributed by atoms with Gasteiger partial charge in [-0.2, -0.15) is 0 Å². The van der Waals surface area contributed by atoms with Crippen LogP contribution in [0.3, 0.4) is 0 Å². The molecular weight excluding hydrogens is 251 g/mol. The summed E-state index contributed by atoms with van der Waals surface area (Å²) in [4.78, 5) is 22.3. The van der Waals surface area contributed by atoms with Gasteiger partial charge in [-0.25, -0.2) is 14.0 Å². The average Bonchev–Trinajstić information content (AvgIpc) is 2.81. The number of benzene rings is 1. The highest BCUT2D eigenvalue weighted by Gasteiger charge is 2.17. The summed E-state index contributed by atoms with van der Waals surface area (Å²) in [6, 6.07) is 3.26. The van der Waals surface area contributed by atoms with E-state index in [4.69, 9.17) is 5.11 Å². The van der Waals surface area contributed by atoms with Crippen molar-refractivity contribution < 1.29 is 19.1 Å². The summed E-state index contributed by atoms with van der Waals surface area (Å²) in [7, 11) is 0. The molecule has 1 fully saturated rings. The lowest BCUT2D eigenvalue weighted by atomic mass is 10.2. The average molecular weight is 266 g/mol. The zero-order chi connectivity index (χ0) is 13.8. The third kappa shape index (κ3) is 3.43. The summed E-state index contributed by atoms with van der Waals surface area (Å²) in [5, 5.41) is 14.0. The predicted octanol–water partition coefficient (Wildman–Crippen LogP) is 2.59. The van der Waals surface area contributed by atoms with Gasteiger partial charge in [0.2, 0.25) is 0 Å². The normalized spacial score (nSPS) is 15.2. The molecule has 0 saturated heterocycles. The molecule has 0 unspecified atom stereocenters. The van der Waals surface area contributed by atoms with Crippen LogP contribution in [0, 0.1) is 5.82 Å². The van der Waals surface area contributed by atoms with Crippen molar-refractivity contribution in [2.24, 2.45) is 0 Å².